The topological polar surface area (TPSA) is 78.6 Å². The molecule has 2 rings (SSSR count). The third-order valence-corrected chi connectivity index (χ3v) is 4.77. The molecule has 0 saturated carbocycles. The Balaban J connectivity index is 2.25. The summed E-state index contributed by atoms with van der Waals surface area (Å²) in [7, 11) is -3.39. The summed E-state index contributed by atoms with van der Waals surface area (Å²) in [6.07, 6.45) is 0. The van der Waals surface area contributed by atoms with Gasteiger partial charge in [0.1, 0.15) is 0 Å². The third-order valence-electron chi connectivity index (χ3n) is 2.97. The summed E-state index contributed by atoms with van der Waals surface area (Å²) in [4.78, 5) is 0.225. The van der Waals surface area contributed by atoms with E-state index in [0.717, 1.165) is 0 Å². The maximum absolute atomic E-state index is 12.2. The summed E-state index contributed by atoms with van der Waals surface area (Å²) < 4.78 is 34.7. The number of benzene rings is 1. The van der Waals surface area contributed by atoms with Gasteiger partial charge in [-0.1, -0.05) is 13.8 Å². The Morgan fingerprint density at radius 2 is 1.94 bits per heavy atom. The average molecular weight is 271 g/mol. The highest BCUT2D eigenvalue weighted by molar-refractivity contribution is 7.91. The van der Waals surface area contributed by atoms with Crippen molar-refractivity contribution in [3.63, 3.8) is 0 Å². The van der Waals surface area contributed by atoms with Gasteiger partial charge in [-0.2, -0.15) is 0 Å². The standard InChI is InChI=1S/C12H17NO4S/c1-8(2)10(13)6-18(14,15)9-3-4-11-12(5-9)17-7-16-11/h3-5,8,10H,6-7,13H2,1-2H3. The van der Waals surface area contributed by atoms with Crippen molar-refractivity contribution in [3.05, 3.63) is 18.2 Å². The molecular formula is C12H17NO4S. The zero-order chi connectivity index (χ0) is 13.3. The zero-order valence-electron chi connectivity index (χ0n) is 10.4. The van der Waals surface area contributed by atoms with E-state index in [1.54, 1.807) is 6.07 Å². The summed E-state index contributed by atoms with van der Waals surface area (Å²) in [5, 5.41) is 0. The van der Waals surface area contributed by atoms with Crippen LogP contribution in [0.5, 0.6) is 11.5 Å². The van der Waals surface area contributed by atoms with E-state index >= 15 is 0 Å². The smallest absolute Gasteiger partial charge is 0.231 e. The Kier molecular flexibility index (Phi) is 3.49. The molecule has 0 spiro atoms. The van der Waals surface area contributed by atoms with Gasteiger partial charge in [0.05, 0.1) is 10.6 Å². The van der Waals surface area contributed by atoms with E-state index in [9.17, 15) is 8.42 Å². The van der Waals surface area contributed by atoms with Crippen LogP contribution < -0.4 is 15.2 Å². The highest BCUT2D eigenvalue weighted by Crippen LogP contribution is 2.34. The fourth-order valence-electron chi connectivity index (χ4n) is 1.61. The lowest BCUT2D eigenvalue weighted by atomic mass is 10.1. The molecule has 1 heterocycles. The maximum atomic E-state index is 12.2. The first-order valence-corrected chi connectivity index (χ1v) is 7.43. The predicted molar refractivity (Wildman–Crippen MR) is 67.4 cm³/mol. The number of ether oxygens (including phenoxy) is 2. The Bertz CT molecular complexity index is 539. The molecule has 0 fully saturated rings. The van der Waals surface area contributed by atoms with Crippen molar-refractivity contribution in [1.29, 1.82) is 0 Å². The molecule has 5 nitrogen and oxygen atoms in total. The van der Waals surface area contributed by atoms with E-state index in [-0.39, 0.29) is 29.4 Å². The molecule has 2 N–H and O–H groups in total. The highest BCUT2D eigenvalue weighted by Gasteiger charge is 2.23. The number of rotatable bonds is 4. The van der Waals surface area contributed by atoms with Crippen LogP contribution in [0.3, 0.4) is 0 Å². The lowest BCUT2D eigenvalue weighted by Crippen LogP contribution is -2.34. The molecule has 0 bridgehead atoms. The minimum Gasteiger partial charge on any atom is -0.454 e. The number of fused-ring (bicyclic) bond motifs is 1. The van der Waals surface area contributed by atoms with Crippen molar-refractivity contribution in [2.45, 2.75) is 24.8 Å². The number of nitrogens with two attached hydrogens (primary N) is 1. The molecule has 1 aromatic carbocycles. The van der Waals surface area contributed by atoms with Crippen LogP contribution in [0.4, 0.5) is 0 Å². The van der Waals surface area contributed by atoms with Gasteiger partial charge in [-0.3, -0.25) is 0 Å². The van der Waals surface area contributed by atoms with Gasteiger partial charge in [-0.05, 0) is 18.1 Å². The van der Waals surface area contributed by atoms with Crippen molar-refractivity contribution >= 4 is 9.84 Å². The van der Waals surface area contributed by atoms with Crippen molar-refractivity contribution in [2.75, 3.05) is 12.5 Å². The molecule has 0 aliphatic carbocycles. The van der Waals surface area contributed by atoms with Crippen LogP contribution in [-0.2, 0) is 9.84 Å². The second-order valence-corrected chi connectivity index (χ2v) is 6.74. The van der Waals surface area contributed by atoms with E-state index in [1.165, 1.54) is 12.1 Å². The first-order valence-electron chi connectivity index (χ1n) is 5.78. The molecule has 18 heavy (non-hydrogen) atoms. The molecule has 6 heteroatoms. The number of hydrogen-bond acceptors (Lipinski definition) is 5. The Morgan fingerprint density at radius 1 is 1.28 bits per heavy atom. The summed E-state index contributed by atoms with van der Waals surface area (Å²) in [6, 6.07) is 4.25. The molecule has 100 valence electrons. The van der Waals surface area contributed by atoms with Crippen molar-refractivity contribution < 1.29 is 17.9 Å². The van der Waals surface area contributed by atoms with E-state index in [1.807, 2.05) is 13.8 Å². The van der Waals surface area contributed by atoms with Crippen molar-refractivity contribution in [3.8, 4) is 11.5 Å². The van der Waals surface area contributed by atoms with Gasteiger partial charge in [-0.15, -0.1) is 0 Å². The summed E-state index contributed by atoms with van der Waals surface area (Å²) in [6.45, 7) is 3.93. The minimum absolute atomic E-state index is 0.0652. The second-order valence-electron chi connectivity index (χ2n) is 4.70. The van der Waals surface area contributed by atoms with Crippen molar-refractivity contribution in [2.24, 2.45) is 11.7 Å². The quantitative estimate of drug-likeness (QED) is 0.889. The minimum atomic E-state index is -3.39. The van der Waals surface area contributed by atoms with Crippen LogP contribution in [0.25, 0.3) is 0 Å². The molecule has 0 amide bonds. The van der Waals surface area contributed by atoms with Gasteiger partial charge in [0.2, 0.25) is 6.79 Å². The normalized spacial score (nSPS) is 16.0. The molecule has 1 aliphatic heterocycles. The molecule has 1 aromatic rings. The van der Waals surface area contributed by atoms with E-state index in [4.69, 9.17) is 15.2 Å². The molecule has 1 atom stereocenters. The summed E-state index contributed by atoms with van der Waals surface area (Å²) in [5.41, 5.74) is 5.82. The Hall–Kier alpha value is -1.27. The van der Waals surface area contributed by atoms with Gasteiger partial charge >= 0.3 is 0 Å². The number of sulfone groups is 1. The molecule has 0 aromatic heterocycles. The number of hydrogen-bond donors (Lipinski definition) is 1. The first kappa shape index (κ1) is 13.2. The molecule has 0 radical (unpaired) electrons. The largest absolute Gasteiger partial charge is 0.454 e. The second kappa shape index (κ2) is 4.78. The molecular weight excluding hydrogens is 254 g/mol. The van der Waals surface area contributed by atoms with Crippen LogP contribution in [-0.4, -0.2) is 27.0 Å². The first-order chi connectivity index (χ1) is 8.40. The fraction of sp³-hybridized carbons (Fsp3) is 0.500. The Labute approximate surface area is 107 Å². The zero-order valence-corrected chi connectivity index (χ0v) is 11.2. The van der Waals surface area contributed by atoms with E-state index < -0.39 is 9.84 Å². The van der Waals surface area contributed by atoms with Gasteiger partial charge in [0.15, 0.2) is 21.3 Å². The average Bonchev–Trinajstić information content (AvgIpc) is 2.74. The van der Waals surface area contributed by atoms with E-state index in [0.29, 0.717) is 11.5 Å². The van der Waals surface area contributed by atoms with Gasteiger partial charge < -0.3 is 15.2 Å². The molecule has 1 unspecified atom stereocenters. The molecule has 1 aliphatic rings. The van der Waals surface area contributed by atoms with Gasteiger partial charge in [0.25, 0.3) is 0 Å². The lowest BCUT2D eigenvalue weighted by molar-refractivity contribution is 0.174. The van der Waals surface area contributed by atoms with Gasteiger partial charge in [-0.25, -0.2) is 8.42 Å². The monoisotopic (exact) mass is 271 g/mol. The van der Waals surface area contributed by atoms with Crippen LogP contribution in [0.1, 0.15) is 13.8 Å². The van der Waals surface area contributed by atoms with Crippen LogP contribution in [0, 0.1) is 5.92 Å². The fourth-order valence-corrected chi connectivity index (χ4v) is 3.26. The van der Waals surface area contributed by atoms with Crippen LogP contribution in [0.15, 0.2) is 23.1 Å². The van der Waals surface area contributed by atoms with Crippen molar-refractivity contribution in [1.82, 2.24) is 0 Å². The molecule has 0 saturated heterocycles. The third kappa shape index (κ3) is 2.59. The Morgan fingerprint density at radius 3 is 2.61 bits per heavy atom. The maximum Gasteiger partial charge on any atom is 0.231 e. The predicted octanol–water partition coefficient (Wildman–Crippen LogP) is 1.17. The van der Waals surface area contributed by atoms with E-state index in [2.05, 4.69) is 0 Å². The summed E-state index contributed by atoms with van der Waals surface area (Å²) in [5.74, 6) is 1.09. The summed E-state index contributed by atoms with van der Waals surface area (Å²) >= 11 is 0. The SMILES string of the molecule is CC(C)C(N)CS(=O)(=O)c1ccc2c(c1)OCO2. The highest BCUT2D eigenvalue weighted by atomic mass is 32.2. The van der Waals surface area contributed by atoms with Gasteiger partial charge in [0, 0.05) is 12.1 Å². The van der Waals surface area contributed by atoms with Crippen LogP contribution in [0.2, 0.25) is 0 Å². The lowest BCUT2D eigenvalue weighted by Gasteiger charge is -2.15. The van der Waals surface area contributed by atoms with Crippen LogP contribution >= 0.6 is 0 Å².